The summed E-state index contributed by atoms with van der Waals surface area (Å²) in [5.74, 6) is -0.134. The van der Waals surface area contributed by atoms with Crippen molar-refractivity contribution in [3.8, 4) is 6.07 Å². The molecule has 0 saturated carbocycles. The van der Waals surface area contributed by atoms with Gasteiger partial charge in [-0.2, -0.15) is 5.26 Å². The normalized spacial score (nSPS) is 11.6. The molecular weight excluding hydrogens is 236 g/mol. The Morgan fingerprint density at radius 3 is 2.65 bits per heavy atom. The molecule has 0 N–H and O–H groups in total. The molecule has 1 unspecified atom stereocenters. The lowest BCUT2D eigenvalue weighted by Crippen LogP contribution is -2.35. The van der Waals surface area contributed by atoms with E-state index in [2.05, 4.69) is 0 Å². The van der Waals surface area contributed by atoms with E-state index in [-0.39, 0.29) is 5.91 Å². The SMILES string of the molecule is CC(Cl)C(=O)N(CCC#N)Cc1ccccc1. The highest BCUT2D eigenvalue weighted by atomic mass is 35.5. The maximum Gasteiger partial charge on any atom is 0.240 e. The van der Waals surface area contributed by atoms with Crippen molar-refractivity contribution >= 4 is 17.5 Å². The van der Waals surface area contributed by atoms with Crippen molar-refractivity contribution in [3.63, 3.8) is 0 Å². The summed E-state index contributed by atoms with van der Waals surface area (Å²) in [5, 5.41) is 8.02. The Balaban J connectivity index is 2.70. The molecule has 1 atom stereocenters. The second-order valence-electron chi connectivity index (χ2n) is 3.77. The summed E-state index contributed by atoms with van der Waals surface area (Å²) in [5.41, 5.74) is 1.04. The first kappa shape index (κ1) is 13.5. The zero-order chi connectivity index (χ0) is 12.7. The molecule has 0 radical (unpaired) electrons. The van der Waals surface area contributed by atoms with Crippen LogP contribution in [-0.4, -0.2) is 22.7 Å². The zero-order valence-corrected chi connectivity index (χ0v) is 10.5. The van der Waals surface area contributed by atoms with E-state index in [9.17, 15) is 4.79 Å². The Labute approximate surface area is 107 Å². The van der Waals surface area contributed by atoms with E-state index in [1.165, 1.54) is 0 Å². The van der Waals surface area contributed by atoms with Crippen LogP contribution in [-0.2, 0) is 11.3 Å². The second kappa shape index (κ2) is 6.93. The molecule has 1 aromatic rings. The Bertz CT molecular complexity index is 398. The van der Waals surface area contributed by atoms with Gasteiger partial charge in [0.1, 0.15) is 5.38 Å². The number of hydrogen-bond donors (Lipinski definition) is 0. The first-order valence-corrected chi connectivity index (χ1v) is 5.92. The lowest BCUT2D eigenvalue weighted by atomic mass is 10.2. The van der Waals surface area contributed by atoms with Crippen molar-refractivity contribution in [2.24, 2.45) is 0 Å². The fraction of sp³-hybridized carbons (Fsp3) is 0.385. The van der Waals surface area contributed by atoms with E-state index in [1.807, 2.05) is 36.4 Å². The first-order valence-electron chi connectivity index (χ1n) is 5.49. The minimum absolute atomic E-state index is 0.134. The standard InChI is InChI=1S/C13H15ClN2O/c1-11(14)13(17)16(9-5-8-15)10-12-6-3-2-4-7-12/h2-4,6-7,11H,5,9-10H2,1H3. The fourth-order valence-corrected chi connectivity index (χ4v) is 1.65. The zero-order valence-electron chi connectivity index (χ0n) is 9.77. The summed E-state index contributed by atoms with van der Waals surface area (Å²) in [6, 6.07) is 11.7. The molecule has 1 amide bonds. The number of nitrogens with zero attached hydrogens (tertiary/aromatic N) is 2. The molecule has 90 valence electrons. The molecule has 1 rings (SSSR count). The van der Waals surface area contributed by atoms with Gasteiger partial charge in [0, 0.05) is 13.1 Å². The molecule has 0 aliphatic rings. The number of rotatable bonds is 5. The maximum atomic E-state index is 11.8. The molecule has 0 saturated heterocycles. The lowest BCUT2D eigenvalue weighted by molar-refractivity contribution is -0.131. The van der Waals surface area contributed by atoms with Crippen LogP contribution in [0.15, 0.2) is 30.3 Å². The van der Waals surface area contributed by atoms with E-state index in [0.717, 1.165) is 5.56 Å². The van der Waals surface area contributed by atoms with Gasteiger partial charge in [0.05, 0.1) is 12.5 Å². The third-order valence-electron chi connectivity index (χ3n) is 2.36. The molecular formula is C13H15ClN2O. The van der Waals surface area contributed by atoms with Gasteiger partial charge >= 0.3 is 0 Å². The summed E-state index contributed by atoms with van der Waals surface area (Å²) in [6.07, 6.45) is 0.322. The van der Waals surface area contributed by atoms with Gasteiger partial charge in [0.2, 0.25) is 5.91 Å². The van der Waals surface area contributed by atoms with Gasteiger partial charge in [-0.1, -0.05) is 30.3 Å². The minimum Gasteiger partial charge on any atom is -0.336 e. The number of carbonyl (C=O) groups excluding carboxylic acids is 1. The number of halogens is 1. The van der Waals surface area contributed by atoms with Crippen LogP contribution < -0.4 is 0 Å². The van der Waals surface area contributed by atoms with Crippen LogP contribution in [0, 0.1) is 11.3 Å². The average Bonchev–Trinajstić information content (AvgIpc) is 2.34. The highest BCUT2D eigenvalue weighted by Crippen LogP contribution is 2.09. The number of hydrogen-bond acceptors (Lipinski definition) is 2. The van der Waals surface area contributed by atoms with Crippen molar-refractivity contribution in [2.75, 3.05) is 6.54 Å². The number of carbonyl (C=O) groups is 1. The van der Waals surface area contributed by atoms with Crippen LogP contribution in [0.3, 0.4) is 0 Å². The quantitative estimate of drug-likeness (QED) is 0.754. The van der Waals surface area contributed by atoms with Crippen LogP contribution in [0.2, 0.25) is 0 Å². The lowest BCUT2D eigenvalue weighted by Gasteiger charge is -2.22. The van der Waals surface area contributed by atoms with Crippen molar-refractivity contribution in [1.29, 1.82) is 5.26 Å². The van der Waals surface area contributed by atoms with Crippen molar-refractivity contribution in [3.05, 3.63) is 35.9 Å². The van der Waals surface area contributed by atoms with E-state index in [1.54, 1.807) is 11.8 Å². The third-order valence-corrected chi connectivity index (χ3v) is 2.55. The van der Waals surface area contributed by atoms with Crippen molar-refractivity contribution in [1.82, 2.24) is 4.90 Å². The highest BCUT2D eigenvalue weighted by Gasteiger charge is 2.18. The van der Waals surface area contributed by atoms with Gasteiger partial charge in [-0.3, -0.25) is 4.79 Å². The number of alkyl halides is 1. The largest absolute Gasteiger partial charge is 0.336 e. The molecule has 17 heavy (non-hydrogen) atoms. The predicted octanol–water partition coefficient (Wildman–Crippen LogP) is 2.56. The van der Waals surface area contributed by atoms with Gasteiger partial charge < -0.3 is 4.90 Å². The molecule has 4 heteroatoms. The van der Waals surface area contributed by atoms with E-state index >= 15 is 0 Å². The van der Waals surface area contributed by atoms with Gasteiger partial charge in [0.15, 0.2) is 0 Å². The summed E-state index contributed by atoms with van der Waals surface area (Å²) in [4.78, 5) is 13.5. The average molecular weight is 251 g/mol. The van der Waals surface area contributed by atoms with Crippen LogP contribution in [0.5, 0.6) is 0 Å². The topological polar surface area (TPSA) is 44.1 Å². The summed E-state index contributed by atoms with van der Waals surface area (Å²) >= 11 is 5.79. The first-order chi connectivity index (χ1) is 8.15. The Kier molecular flexibility index (Phi) is 5.51. The molecule has 3 nitrogen and oxygen atoms in total. The minimum atomic E-state index is -0.558. The molecule has 0 spiro atoms. The molecule has 1 aromatic carbocycles. The van der Waals surface area contributed by atoms with Crippen molar-refractivity contribution < 1.29 is 4.79 Å². The Morgan fingerprint density at radius 1 is 1.47 bits per heavy atom. The second-order valence-corrected chi connectivity index (χ2v) is 4.42. The van der Waals surface area contributed by atoms with Gasteiger partial charge in [-0.25, -0.2) is 0 Å². The van der Waals surface area contributed by atoms with E-state index < -0.39 is 5.38 Å². The van der Waals surface area contributed by atoms with Crippen LogP contribution >= 0.6 is 11.6 Å². The van der Waals surface area contributed by atoms with Gasteiger partial charge in [-0.15, -0.1) is 11.6 Å². The molecule has 0 aliphatic carbocycles. The van der Waals surface area contributed by atoms with Crippen LogP contribution in [0.4, 0.5) is 0 Å². The summed E-state index contributed by atoms with van der Waals surface area (Å²) in [6.45, 7) is 2.56. The summed E-state index contributed by atoms with van der Waals surface area (Å²) < 4.78 is 0. The fourth-order valence-electron chi connectivity index (χ4n) is 1.51. The highest BCUT2D eigenvalue weighted by molar-refractivity contribution is 6.30. The molecule has 0 aliphatic heterocycles. The Morgan fingerprint density at radius 2 is 2.12 bits per heavy atom. The molecule has 0 heterocycles. The van der Waals surface area contributed by atoms with Gasteiger partial charge in [-0.05, 0) is 12.5 Å². The van der Waals surface area contributed by atoms with E-state index in [4.69, 9.17) is 16.9 Å². The molecule has 0 bridgehead atoms. The number of benzene rings is 1. The van der Waals surface area contributed by atoms with Crippen molar-refractivity contribution in [2.45, 2.75) is 25.3 Å². The smallest absolute Gasteiger partial charge is 0.240 e. The third kappa shape index (κ3) is 4.46. The van der Waals surface area contributed by atoms with E-state index in [0.29, 0.717) is 19.5 Å². The maximum absolute atomic E-state index is 11.8. The van der Waals surface area contributed by atoms with Crippen LogP contribution in [0.25, 0.3) is 0 Å². The molecule has 0 aromatic heterocycles. The number of nitriles is 1. The monoisotopic (exact) mass is 250 g/mol. The predicted molar refractivity (Wildman–Crippen MR) is 67.4 cm³/mol. The Hall–Kier alpha value is -1.53. The molecule has 0 fully saturated rings. The van der Waals surface area contributed by atoms with Gasteiger partial charge in [0.25, 0.3) is 0 Å². The van der Waals surface area contributed by atoms with Crippen LogP contribution in [0.1, 0.15) is 18.9 Å². The summed E-state index contributed by atoms with van der Waals surface area (Å²) in [7, 11) is 0. The number of amides is 1.